The van der Waals surface area contributed by atoms with Crippen LogP contribution in [0.3, 0.4) is 0 Å². The molecule has 1 aromatic carbocycles. The van der Waals surface area contributed by atoms with Crippen molar-refractivity contribution in [3.8, 4) is 0 Å². The summed E-state index contributed by atoms with van der Waals surface area (Å²) in [6.07, 6.45) is 5.01. The van der Waals surface area contributed by atoms with E-state index in [2.05, 4.69) is 24.3 Å². The Morgan fingerprint density at radius 2 is 2.20 bits per heavy atom. The fourth-order valence-electron chi connectivity index (χ4n) is 1.55. The number of benzene rings is 1. The van der Waals surface area contributed by atoms with Gasteiger partial charge in [0.1, 0.15) is 0 Å². The first kappa shape index (κ1) is 9.77. The highest BCUT2D eigenvalue weighted by Gasteiger charge is 1.98. The third-order valence-corrected chi connectivity index (χ3v) is 2.39. The summed E-state index contributed by atoms with van der Waals surface area (Å²) in [5.74, 6) is 0. The molecule has 0 radical (unpaired) electrons. The van der Waals surface area contributed by atoms with Crippen LogP contribution in [0.2, 0.25) is 0 Å². The van der Waals surface area contributed by atoms with E-state index in [9.17, 15) is 0 Å². The number of anilines is 1. The molecular weight excluding hydrogens is 186 g/mol. The normalized spacial score (nSPS) is 10.5. The molecule has 0 saturated carbocycles. The van der Waals surface area contributed by atoms with Crippen LogP contribution in [0, 0.1) is 0 Å². The monoisotopic (exact) mass is 201 g/mol. The molecule has 0 saturated heterocycles. The van der Waals surface area contributed by atoms with E-state index < -0.39 is 0 Å². The van der Waals surface area contributed by atoms with E-state index in [-0.39, 0.29) is 0 Å². The Kier molecular flexibility index (Phi) is 2.72. The Morgan fingerprint density at radius 1 is 1.33 bits per heavy atom. The molecule has 0 bridgehead atoms. The Morgan fingerprint density at radius 3 is 2.87 bits per heavy atom. The predicted octanol–water partition coefficient (Wildman–Crippen LogP) is 2.08. The summed E-state index contributed by atoms with van der Waals surface area (Å²) in [6, 6.07) is 7.90. The number of nitrogens with zero attached hydrogens (tertiary/aromatic N) is 2. The summed E-state index contributed by atoms with van der Waals surface area (Å²) in [7, 11) is 0. The molecule has 15 heavy (non-hydrogen) atoms. The molecule has 0 fully saturated rings. The van der Waals surface area contributed by atoms with Crippen LogP contribution in [0.15, 0.2) is 36.7 Å². The summed E-state index contributed by atoms with van der Waals surface area (Å²) in [6.45, 7) is 2.91. The average Bonchev–Trinajstić information content (AvgIpc) is 2.65. The second kappa shape index (κ2) is 4.17. The summed E-state index contributed by atoms with van der Waals surface area (Å²) in [4.78, 5) is 0. The SMILES string of the molecule is CCc1cnn(Cc2cccc(N)c2)c1. The molecule has 0 amide bonds. The molecule has 2 rings (SSSR count). The van der Waals surface area contributed by atoms with E-state index >= 15 is 0 Å². The quantitative estimate of drug-likeness (QED) is 0.773. The van der Waals surface area contributed by atoms with Crippen molar-refractivity contribution < 1.29 is 0 Å². The van der Waals surface area contributed by atoms with Crippen molar-refractivity contribution in [1.29, 1.82) is 0 Å². The highest BCUT2D eigenvalue weighted by atomic mass is 15.3. The molecular formula is C12H15N3. The van der Waals surface area contributed by atoms with Gasteiger partial charge in [-0.3, -0.25) is 4.68 Å². The number of nitrogens with two attached hydrogens (primary N) is 1. The molecule has 3 nitrogen and oxygen atoms in total. The molecule has 1 heterocycles. The van der Waals surface area contributed by atoms with Gasteiger partial charge in [0.2, 0.25) is 0 Å². The fourth-order valence-corrected chi connectivity index (χ4v) is 1.55. The topological polar surface area (TPSA) is 43.8 Å². The van der Waals surface area contributed by atoms with Crippen LogP contribution in [0.1, 0.15) is 18.1 Å². The molecule has 0 spiro atoms. The molecule has 2 aromatic rings. The summed E-state index contributed by atoms with van der Waals surface area (Å²) >= 11 is 0. The van der Waals surface area contributed by atoms with Gasteiger partial charge >= 0.3 is 0 Å². The first-order valence-corrected chi connectivity index (χ1v) is 5.13. The molecule has 0 atom stereocenters. The lowest BCUT2D eigenvalue weighted by Crippen LogP contribution is -2.00. The summed E-state index contributed by atoms with van der Waals surface area (Å²) < 4.78 is 1.94. The van der Waals surface area contributed by atoms with Gasteiger partial charge in [-0.2, -0.15) is 5.10 Å². The maximum Gasteiger partial charge on any atom is 0.0660 e. The van der Waals surface area contributed by atoms with Crippen LogP contribution in [-0.4, -0.2) is 9.78 Å². The van der Waals surface area contributed by atoms with Gasteiger partial charge in [0.25, 0.3) is 0 Å². The molecule has 78 valence electrons. The lowest BCUT2D eigenvalue weighted by atomic mass is 10.2. The highest BCUT2D eigenvalue weighted by Crippen LogP contribution is 2.08. The minimum Gasteiger partial charge on any atom is -0.399 e. The smallest absolute Gasteiger partial charge is 0.0660 e. The number of rotatable bonds is 3. The third-order valence-electron chi connectivity index (χ3n) is 2.39. The zero-order chi connectivity index (χ0) is 10.7. The molecule has 1 aromatic heterocycles. The molecule has 0 unspecified atom stereocenters. The Bertz CT molecular complexity index is 446. The Hall–Kier alpha value is -1.77. The predicted molar refractivity (Wildman–Crippen MR) is 61.6 cm³/mol. The van der Waals surface area contributed by atoms with E-state index in [0.29, 0.717) is 0 Å². The molecule has 0 aliphatic heterocycles. The number of aromatic nitrogens is 2. The molecule has 2 N–H and O–H groups in total. The third kappa shape index (κ3) is 2.37. The maximum atomic E-state index is 5.71. The largest absolute Gasteiger partial charge is 0.399 e. The van der Waals surface area contributed by atoms with E-state index in [1.807, 2.05) is 29.1 Å². The van der Waals surface area contributed by atoms with Crippen LogP contribution < -0.4 is 5.73 Å². The van der Waals surface area contributed by atoms with Gasteiger partial charge in [0, 0.05) is 11.9 Å². The minimum absolute atomic E-state index is 0.783. The minimum atomic E-state index is 0.783. The molecule has 3 heteroatoms. The van der Waals surface area contributed by atoms with Crippen molar-refractivity contribution in [3.63, 3.8) is 0 Å². The zero-order valence-electron chi connectivity index (χ0n) is 8.85. The molecule has 0 aliphatic carbocycles. The van der Waals surface area contributed by atoms with Crippen molar-refractivity contribution in [3.05, 3.63) is 47.8 Å². The van der Waals surface area contributed by atoms with Crippen LogP contribution in [0.5, 0.6) is 0 Å². The van der Waals surface area contributed by atoms with Gasteiger partial charge in [-0.15, -0.1) is 0 Å². The maximum absolute atomic E-state index is 5.71. The van der Waals surface area contributed by atoms with Crippen LogP contribution in [-0.2, 0) is 13.0 Å². The van der Waals surface area contributed by atoms with Crippen molar-refractivity contribution in [2.75, 3.05) is 5.73 Å². The standard InChI is InChI=1S/C12H15N3/c1-2-10-7-14-15(8-10)9-11-4-3-5-12(13)6-11/h3-8H,2,9,13H2,1H3. The van der Waals surface area contributed by atoms with Gasteiger partial charge in [-0.05, 0) is 29.7 Å². The Balaban J connectivity index is 2.14. The Labute approximate surface area is 89.5 Å². The first-order valence-electron chi connectivity index (χ1n) is 5.13. The van der Waals surface area contributed by atoms with Crippen molar-refractivity contribution in [2.24, 2.45) is 0 Å². The van der Waals surface area contributed by atoms with Crippen LogP contribution in [0.25, 0.3) is 0 Å². The van der Waals surface area contributed by atoms with Gasteiger partial charge in [0.15, 0.2) is 0 Å². The second-order valence-electron chi connectivity index (χ2n) is 3.64. The zero-order valence-corrected chi connectivity index (χ0v) is 8.85. The van der Waals surface area contributed by atoms with Gasteiger partial charge in [-0.1, -0.05) is 19.1 Å². The van der Waals surface area contributed by atoms with E-state index in [1.54, 1.807) is 0 Å². The van der Waals surface area contributed by atoms with Crippen LogP contribution in [0.4, 0.5) is 5.69 Å². The number of hydrogen-bond acceptors (Lipinski definition) is 2. The summed E-state index contributed by atoms with van der Waals surface area (Å²) in [5.41, 5.74) is 8.96. The summed E-state index contributed by atoms with van der Waals surface area (Å²) in [5, 5.41) is 4.29. The van der Waals surface area contributed by atoms with Crippen molar-refractivity contribution >= 4 is 5.69 Å². The number of nitrogen functional groups attached to an aromatic ring is 1. The fraction of sp³-hybridized carbons (Fsp3) is 0.250. The lowest BCUT2D eigenvalue weighted by Gasteiger charge is -2.02. The van der Waals surface area contributed by atoms with Gasteiger partial charge in [-0.25, -0.2) is 0 Å². The lowest BCUT2D eigenvalue weighted by molar-refractivity contribution is 0.686. The van der Waals surface area contributed by atoms with Crippen molar-refractivity contribution in [2.45, 2.75) is 19.9 Å². The van der Waals surface area contributed by atoms with Gasteiger partial charge in [0.05, 0.1) is 12.7 Å². The number of aryl methyl sites for hydroxylation is 1. The average molecular weight is 201 g/mol. The molecule has 0 aliphatic rings. The second-order valence-corrected chi connectivity index (χ2v) is 3.64. The van der Waals surface area contributed by atoms with Crippen molar-refractivity contribution in [1.82, 2.24) is 9.78 Å². The first-order chi connectivity index (χ1) is 7.28. The van der Waals surface area contributed by atoms with Gasteiger partial charge < -0.3 is 5.73 Å². The number of hydrogen-bond donors (Lipinski definition) is 1. The van der Waals surface area contributed by atoms with E-state index in [0.717, 1.165) is 18.7 Å². The van der Waals surface area contributed by atoms with E-state index in [4.69, 9.17) is 5.73 Å². The highest BCUT2D eigenvalue weighted by molar-refractivity contribution is 5.40. The van der Waals surface area contributed by atoms with E-state index in [1.165, 1.54) is 11.1 Å². The van der Waals surface area contributed by atoms with Crippen LogP contribution >= 0.6 is 0 Å².